The average Bonchev–Trinajstić information content (AvgIpc) is 0.810. The molecule has 0 aliphatic rings. The summed E-state index contributed by atoms with van der Waals surface area (Å²) in [5, 5.41) is 33.8. The number of carbonyl (C=O) groups is 10. The number of ketones is 3. The Hall–Kier alpha value is -5.18. The predicted molar refractivity (Wildman–Crippen MR) is 391 cm³/mol. The van der Waals surface area contributed by atoms with Crippen molar-refractivity contribution >= 4 is 58.8 Å². The standard InChI is InChI=1S/C70H139N17O12/c1-15-17-22-81-67(97)57(50-61(91)80-35-31-75-25-20-71)52-69(5,6)59(89)48-56(66(96)83-37-33-76-26-21-72)53-70(7,8)64(94)55(49-60(90)79-36-32-77-29-27-73-23-18-62(92)98-45-43-86(13)41-39-84(9)10)51-68(3,4)58(88)47-54(16-2)65(95)82-38-34-78-30-28-74-24-19-63(93)99-46-44-87(14)42-40-85(11)12/h54-57,73-78H,15-53,71-72H2,1-14H3,(H,79,90)(H,80,91)(H,81,97)(H,82,95)(H,83,96). The van der Waals surface area contributed by atoms with Crippen LogP contribution in [-0.4, -0.2) is 298 Å². The Morgan fingerprint density at radius 1 is 0.374 bits per heavy atom. The van der Waals surface area contributed by atoms with Gasteiger partial charge in [-0.2, -0.15) is 0 Å². The molecule has 0 aliphatic heterocycles. The predicted octanol–water partition coefficient (Wildman–Crippen LogP) is -0.933. The third kappa shape index (κ3) is 47.6. The van der Waals surface area contributed by atoms with Gasteiger partial charge in [-0.15, -0.1) is 0 Å². The van der Waals surface area contributed by atoms with Crippen molar-refractivity contribution in [3.8, 4) is 0 Å². The number of amides is 5. The number of nitrogens with one attached hydrogen (secondary N) is 11. The molecule has 99 heavy (non-hydrogen) atoms. The molecule has 29 heteroatoms. The van der Waals surface area contributed by atoms with E-state index in [9.17, 15) is 43.2 Å². The molecule has 0 spiro atoms. The van der Waals surface area contributed by atoms with Gasteiger partial charge < -0.3 is 99.0 Å². The lowest BCUT2D eigenvalue weighted by Crippen LogP contribution is -2.44. The van der Waals surface area contributed by atoms with E-state index in [4.69, 9.17) is 20.9 Å². The van der Waals surface area contributed by atoms with Crippen LogP contribution in [0.3, 0.4) is 0 Å². The van der Waals surface area contributed by atoms with Gasteiger partial charge in [0.1, 0.15) is 30.6 Å². The largest absolute Gasteiger partial charge is 0.464 e. The molecule has 0 saturated carbocycles. The van der Waals surface area contributed by atoms with E-state index in [1.165, 1.54) is 0 Å². The van der Waals surface area contributed by atoms with Gasteiger partial charge in [-0.05, 0) is 74.4 Å². The van der Waals surface area contributed by atoms with Crippen molar-refractivity contribution in [3.05, 3.63) is 0 Å². The molecular formula is C70H139N17O12. The highest BCUT2D eigenvalue weighted by Gasteiger charge is 2.44. The summed E-state index contributed by atoms with van der Waals surface area (Å²) >= 11 is 0. The fourth-order valence-corrected chi connectivity index (χ4v) is 10.9. The van der Waals surface area contributed by atoms with Gasteiger partial charge in [0, 0.05) is 229 Å². The fourth-order valence-electron chi connectivity index (χ4n) is 10.9. The minimum Gasteiger partial charge on any atom is -0.464 e. The summed E-state index contributed by atoms with van der Waals surface area (Å²) in [6.45, 7) is 27.8. The highest BCUT2D eigenvalue weighted by molar-refractivity contribution is 5.95. The van der Waals surface area contributed by atoms with Crippen molar-refractivity contribution in [2.24, 2.45) is 51.4 Å². The van der Waals surface area contributed by atoms with Crippen LogP contribution in [0.4, 0.5) is 0 Å². The second kappa shape index (κ2) is 55.4. The molecule has 15 N–H and O–H groups in total. The molecule has 4 atom stereocenters. The van der Waals surface area contributed by atoms with E-state index >= 15 is 4.79 Å². The van der Waals surface area contributed by atoms with Crippen molar-refractivity contribution in [2.45, 2.75) is 132 Å². The molecule has 0 aromatic rings. The molecule has 0 rings (SSSR count). The number of rotatable bonds is 65. The van der Waals surface area contributed by atoms with E-state index in [0.717, 1.165) is 39.0 Å². The summed E-state index contributed by atoms with van der Waals surface area (Å²) in [5.74, 6) is -7.10. The number of Topliss-reactive ketones (excluding diaryl/α,β-unsaturated/α-hetero) is 3. The molecular weight excluding hydrogens is 1270 g/mol. The molecule has 0 fully saturated rings. The number of ether oxygens (including phenoxy) is 2. The smallest absolute Gasteiger partial charge is 0.307 e. The Morgan fingerprint density at radius 3 is 1.11 bits per heavy atom. The first-order chi connectivity index (χ1) is 46.8. The second-order valence-corrected chi connectivity index (χ2v) is 28.6. The monoisotopic (exact) mass is 1410 g/mol. The van der Waals surface area contributed by atoms with Crippen molar-refractivity contribution in [1.82, 2.24) is 78.1 Å². The summed E-state index contributed by atoms with van der Waals surface area (Å²) in [4.78, 5) is 147. The van der Waals surface area contributed by atoms with Gasteiger partial charge in [-0.3, -0.25) is 47.9 Å². The van der Waals surface area contributed by atoms with Crippen molar-refractivity contribution < 1.29 is 57.4 Å². The lowest BCUT2D eigenvalue weighted by atomic mass is 9.67. The minimum atomic E-state index is -1.35. The maximum Gasteiger partial charge on any atom is 0.307 e. The van der Waals surface area contributed by atoms with Gasteiger partial charge in [0.05, 0.1) is 12.8 Å². The van der Waals surface area contributed by atoms with Crippen LogP contribution in [-0.2, 0) is 57.4 Å². The Balaban J connectivity index is 6.44. The first-order valence-corrected chi connectivity index (χ1v) is 36.5. The first kappa shape index (κ1) is 93.8. The van der Waals surface area contributed by atoms with E-state index in [0.29, 0.717) is 144 Å². The van der Waals surface area contributed by atoms with Crippen LogP contribution in [0.1, 0.15) is 132 Å². The number of nitrogens with zero attached hydrogens (tertiary/aromatic N) is 4. The first-order valence-electron chi connectivity index (χ1n) is 36.5. The molecule has 0 aromatic heterocycles. The molecule has 0 radical (unpaired) electrons. The molecule has 5 amide bonds. The Kier molecular flexibility index (Phi) is 52.5. The molecule has 0 heterocycles. The second-order valence-electron chi connectivity index (χ2n) is 28.6. The van der Waals surface area contributed by atoms with Gasteiger partial charge in [0.15, 0.2) is 0 Å². The van der Waals surface area contributed by atoms with Gasteiger partial charge in [0.25, 0.3) is 0 Å². The van der Waals surface area contributed by atoms with Crippen LogP contribution in [0.25, 0.3) is 0 Å². The van der Waals surface area contributed by atoms with E-state index in [1.54, 1.807) is 41.5 Å². The minimum absolute atomic E-state index is 0.000732. The zero-order valence-electron chi connectivity index (χ0n) is 63.7. The molecule has 0 aliphatic carbocycles. The normalized spacial score (nSPS) is 13.3. The lowest BCUT2D eigenvalue weighted by Gasteiger charge is -2.35. The van der Waals surface area contributed by atoms with Crippen LogP contribution in [0.2, 0.25) is 0 Å². The van der Waals surface area contributed by atoms with Gasteiger partial charge >= 0.3 is 11.9 Å². The number of likely N-dealkylation sites (N-methyl/N-ethyl adjacent to an activating group) is 4. The third-order valence-electron chi connectivity index (χ3n) is 17.4. The molecule has 0 saturated heterocycles. The summed E-state index contributed by atoms with van der Waals surface area (Å²) in [6.07, 6.45) is 1.33. The lowest BCUT2D eigenvalue weighted by molar-refractivity contribution is -0.144. The van der Waals surface area contributed by atoms with Crippen LogP contribution < -0.4 is 70.0 Å². The van der Waals surface area contributed by atoms with Crippen LogP contribution in [0.15, 0.2) is 0 Å². The van der Waals surface area contributed by atoms with Crippen LogP contribution in [0, 0.1) is 39.9 Å². The topological polar surface area (TPSA) is 386 Å². The Morgan fingerprint density at radius 2 is 0.707 bits per heavy atom. The number of nitrogens with two attached hydrogens (primary N) is 2. The highest BCUT2D eigenvalue weighted by Crippen LogP contribution is 2.40. The summed E-state index contributed by atoms with van der Waals surface area (Å²) in [5.41, 5.74) is 7.50. The highest BCUT2D eigenvalue weighted by atomic mass is 16.5. The molecule has 4 unspecified atom stereocenters. The SMILES string of the molecule is CCCCNC(=O)C(CC(=O)NCCNCCN)CC(C)(C)C(=O)CC(CC(C)(C)C(=O)C(CC(=O)NCCNCCNCCC(=O)OCCN(C)CCN(C)C)CC(C)(C)C(=O)CC(CC)C(=O)NCCNCCNCCC(=O)OCCN(C)CCN(C)C)C(=O)NCCNCCN. The number of carbonyl (C=O) groups excluding carboxylic acids is 10. The number of hydrogen-bond acceptors (Lipinski definition) is 24. The van der Waals surface area contributed by atoms with Gasteiger partial charge in [0.2, 0.25) is 29.5 Å². The molecule has 0 bridgehead atoms. The number of esters is 2. The van der Waals surface area contributed by atoms with Crippen molar-refractivity contribution in [1.29, 1.82) is 0 Å². The van der Waals surface area contributed by atoms with Crippen molar-refractivity contribution in [2.75, 3.05) is 219 Å². The molecule has 29 nitrogen and oxygen atoms in total. The maximum atomic E-state index is 15.4. The summed E-state index contributed by atoms with van der Waals surface area (Å²) < 4.78 is 10.8. The summed E-state index contributed by atoms with van der Waals surface area (Å²) in [7, 11) is 12.0. The van der Waals surface area contributed by atoms with Crippen LogP contribution in [0.5, 0.6) is 0 Å². The number of hydrogen-bond donors (Lipinski definition) is 13. The fraction of sp³-hybridized carbons (Fsp3) is 0.857. The zero-order valence-corrected chi connectivity index (χ0v) is 63.7. The van der Waals surface area contributed by atoms with E-state index < -0.39 is 51.7 Å². The van der Waals surface area contributed by atoms with E-state index in [2.05, 4.69) is 78.1 Å². The summed E-state index contributed by atoms with van der Waals surface area (Å²) in [6, 6.07) is 0. The Bertz CT molecular complexity index is 2300. The Labute approximate surface area is 595 Å². The van der Waals surface area contributed by atoms with E-state index in [-0.39, 0.29) is 118 Å². The van der Waals surface area contributed by atoms with Crippen LogP contribution >= 0.6 is 0 Å². The maximum absolute atomic E-state index is 15.4. The van der Waals surface area contributed by atoms with Crippen molar-refractivity contribution in [3.63, 3.8) is 0 Å². The average molecular weight is 1410 g/mol. The third-order valence-corrected chi connectivity index (χ3v) is 17.4. The van der Waals surface area contributed by atoms with E-state index in [1.807, 2.05) is 56.1 Å². The molecule has 576 valence electrons. The zero-order chi connectivity index (χ0) is 74.7. The molecule has 0 aromatic carbocycles. The van der Waals surface area contributed by atoms with Gasteiger partial charge in [-0.25, -0.2) is 0 Å². The number of unbranched alkanes of at least 4 members (excludes halogenated alkanes) is 1. The quantitative estimate of drug-likeness (QED) is 0.0258. The van der Waals surface area contributed by atoms with Gasteiger partial charge in [-0.1, -0.05) is 61.8 Å².